The Kier molecular flexibility index (Phi) is 2.21. The highest BCUT2D eigenvalue weighted by molar-refractivity contribution is 6.11. The van der Waals surface area contributed by atoms with E-state index in [2.05, 4.69) is 4.98 Å². The maximum Gasteiger partial charge on any atom is 0.152 e. The normalized spacial score (nSPS) is 10.2. The van der Waals surface area contributed by atoms with Crippen molar-refractivity contribution in [2.75, 3.05) is 5.73 Å². The first-order chi connectivity index (χ1) is 7.18. The van der Waals surface area contributed by atoms with Crippen molar-refractivity contribution in [1.82, 2.24) is 4.98 Å². The van der Waals surface area contributed by atoms with Crippen molar-refractivity contribution in [3.05, 3.63) is 47.8 Å². The van der Waals surface area contributed by atoms with Gasteiger partial charge in [-0.2, -0.15) is 0 Å². The molecule has 3 N–H and O–H groups in total. The number of nitrogens with two attached hydrogens (primary N) is 1. The topological polar surface area (TPSA) is 75.9 Å². The lowest BCUT2D eigenvalue weighted by Crippen LogP contribution is -2.06. The second-order valence-electron chi connectivity index (χ2n) is 2.94. The minimum absolute atomic E-state index is 0.0181. The van der Waals surface area contributed by atoms with Gasteiger partial charge in [-0.25, -0.2) is 9.37 Å². The summed E-state index contributed by atoms with van der Waals surface area (Å²) in [7, 11) is 0. The van der Waals surface area contributed by atoms with Crippen molar-refractivity contribution >= 4 is 11.5 Å². The Balaban J connectivity index is 2.46. The van der Waals surface area contributed by atoms with E-state index in [-0.39, 0.29) is 17.1 Å². The summed E-state index contributed by atoms with van der Waals surface area (Å²) in [5, 5.41) is 7.74. The minimum atomic E-state index is -0.532. The summed E-state index contributed by atoms with van der Waals surface area (Å²) < 4.78 is 17.9. The maximum absolute atomic E-state index is 12.9. The Morgan fingerprint density at radius 3 is 3.00 bits per heavy atom. The van der Waals surface area contributed by atoms with Crippen LogP contribution in [0.2, 0.25) is 0 Å². The molecule has 0 radical (unpaired) electrons. The fourth-order valence-electron chi connectivity index (χ4n) is 1.20. The van der Waals surface area contributed by atoms with Crippen LogP contribution in [0.15, 0.2) is 35.1 Å². The number of halogens is 1. The lowest BCUT2D eigenvalue weighted by atomic mass is 10.1. The number of nitrogens with one attached hydrogen (secondary N) is 1. The van der Waals surface area contributed by atoms with E-state index in [1.165, 1.54) is 6.26 Å². The summed E-state index contributed by atoms with van der Waals surface area (Å²) in [4.78, 5) is 3.63. The van der Waals surface area contributed by atoms with Crippen molar-refractivity contribution in [2.24, 2.45) is 0 Å². The zero-order chi connectivity index (χ0) is 10.8. The van der Waals surface area contributed by atoms with E-state index in [0.29, 0.717) is 5.76 Å². The van der Waals surface area contributed by atoms with Crippen LogP contribution in [0.1, 0.15) is 11.3 Å². The predicted octanol–water partition coefficient (Wildman–Crippen LogP) is 1.81. The standard InChI is InChI=1S/C10H8FN3O/c11-6-4-7(10(13)14-5-6)9(12)8-2-1-3-15-8/h1-5,12H,(H2,13,14). The molecule has 0 aromatic carbocycles. The van der Waals surface area contributed by atoms with Gasteiger partial charge in [0.15, 0.2) is 5.76 Å². The van der Waals surface area contributed by atoms with E-state index in [0.717, 1.165) is 12.3 Å². The summed E-state index contributed by atoms with van der Waals surface area (Å²) in [6, 6.07) is 4.41. The third-order valence-corrected chi connectivity index (χ3v) is 1.92. The van der Waals surface area contributed by atoms with Gasteiger partial charge < -0.3 is 10.2 Å². The Morgan fingerprint density at radius 2 is 2.33 bits per heavy atom. The van der Waals surface area contributed by atoms with Crippen LogP contribution < -0.4 is 5.73 Å². The molecule has 5 heteroatoms. The Morgan fingerprint density at radius 1 is 1.53 bits per heavy atom. The number of hydrogen-bond donors (Lipinski definition) is 2. The second-order valence-corrected chi connectivity index (χ2v) is 2.94. The lowest BCUT2D eigenvalue weighted by molar-refractivity contribution is 0.557. The highest BCUT2D eigenvalue weighted by Gasteiger charge is 2.12. The highest BCUT2D eigenvalue weighted by Crippen LogP contribution is 2.15. The second kappa shape index (κ2) is 3.53. The van der Waals surface area contributed by atoms with Gasteiger partial charge in [0.1, 0.15) is 17.3 Å². The van der Waals surface area contributed by atoms with Crippen LogP contribution in [-0.4, -0.2) is 10.7 Å². The van der Waals surface area contributed by atoms with Crippen LogP contribution in [0.25, 0.3) is 0 Å². The summed E-state index contributed by atoms with van der Waals surface area (Å²) in [6.07, 6.45) is 2.45. The van der Waals surface area contributed by atoms with Crippen LogP contribution in [0.5, 0.6) is 0 Å². The maximum atomic E-state index is 12.9. The molecule has 0 aliphatic rings. The minimum Gasteiger partial charge on any atom is -0.463 e. The summed E-state index contributed by atoms with van der Waals surface area (Å²) in [6.45, 7) is 0. The number of anilines is 1. The smallest absolute Gasteiger partial charge is 0.152 e. The van der Waals surface area contributed by atoms with E-state index in [1.807, 2.05) is 0 Å². The molecule has 0 saturated carbocycles. The molecule has 0 atom stereocenters. The third kappa shape index (κ3) is 1.71. The Bertz CT molecular complexity index is 493. The number of aromatic nitrogens is 1. The van der Waals surface area contributed by atoms with E-state index in [1.54, 1.807) is 12.1 Å². The van der Waals surface area contributed by atoms with Crippen molar-refractivity contribution in [3.63, 3.8) is 0 Å². The number of furan rings is 1. The largest absolute Gasteiger partial charge is 0.463 e. The first-order valence-corrected chi connectivity index (χ1v) is 4.22. The summed E-state index contributed by atoms with van der Waals surface area (Å²) >= 11 is 0. The van der Waals surface area contributed by atoms with Gasteiger partial charge in [-0.3, -0.25) is 5.41 Å². The number of rotatable bonds is 2. The van der Waals surface area contributed by atoms with E-state index in [4.69, 9.17) is 15.6 Å². The highest BCUT2D eigenvalue weighted by atomic mass is 19.1. The third-order valence-electron chi connectivity index (χ3n) is 1.92. The molecule has 0 fully saturated rings. The lowest BCUT2D eigenvalue weighted by Gasteiger charge is -2.03. The fraction of sp³-hybridized carbons (Fsp3) is 0. The SMILES string of the molecule is N=C(c1ccco1)c1cc(F)cnc1N. The zero-order valence-electron chi connectivity index (χ0n) is 7.70. The Hall–Kier alpha value is -2.17. The molecule has 2 heterocycles. The average molecular weight is 205 g/mol. The molecule has 0 amide bonds. The van der Waals surface area contributed by atoms with Gasteiger partial charge in [0.05, 0.1) is 12.5 Å². The molecule has 0 aliphatic carbocycles. The van der Waals surface area contributed by atoms with Gasteiger partial charge >= 0.3 is 0 Å². The molecule has 0 saturated heterocycles. The molecule has 2 rings (SSSR count). The van der Waals surface area contributed by atoms with Gasteiger partial charge in [-0.1, -0.05) is 0 Å². The van der Waals surface area contributed by atoms with Crippen LogP contribution in [0, 0.1) is 11.2 Å². The quantitative estimate of drug-likeness (QED) is 0.734. The molecule has 4 nitrogen and oxygen atoms in total. The average Bonchev–Trinajstić information content (AvgIpc) is 2.74. The fourth-order valence-corrected chi connectivity index (χ4v) is 1.20. The number of nitrogens with zero attached hydrogens (tertiary/aromatic N) is 1. The monoisotopic (exact) mass is 205 g/mol. The molecule has 0 spiro atoms. The molecule has 76 valence electrons. The van der Waals surface area contributed by atoms with Gasteiger partial charge in [-0.05, 0) is 18.2 Å². The molecule has 2 aromatic heterocycles. The first kappa shape index (κ1) is 9.39. The summed E-state index contributed by atoms with van der Waals surface area (Å²) in [5.74, 6) is -0.0950. The van der Waals surface area contributed by atoms with E-state index >= 15 is 0 Å². The van der Waals surface area contributed by atoms with Crippen LogP contribution in [0.3, 0.4) is 0 Å². The molecule has 2 aromatic rings. The van der Waals surface area contributed by atoms with Gasteiger partial charge in [-0.15, -0.1) is 0 Å². The predicted molar refractivity (Wildman–Crippen MR) is 53.2 cm³/mol. The van der Waals surface area contributed by atoms with Crippen LogP contribution in [-0.2, 0) is 0 Å². The number of pyridine rings is 1. The van der Waals surface area contributed by atoms with Crippen LogP contribution >= 0.6 is 0 Å². The van der Waals surface area contributed by atoms with E-state index < -0.39 is 5.82 Å². The zero-order valence-corrected chi connectivity index (χ0v) is 7.70. The van der Waals surface area contributed by atoms with Crippen molar-refractivity contribution in [2.45, 2.75) is 0 Å². The van der Waals surface area contributed by atoms with Gasteiger partial charge in [0, 0.05) is 5.56 Å². The van der Waals surface area contributed by atoms with Crippen molar-refractivity contribution < 1.29 is 8.81 Å². The first-order valence-electron chi connectivity index (χ1n) is 4.22. The number of hydrogen-bond acceptors (Lipinski definition) is 4. The van der Waals surface area contributed by atoms with Crippen molar-refractivity contribution in [1.29, 1.82) is 5.41 Å². The molecule has 0 bridgehead atoms. The van der Waals surface area contributed by atoms with Gasteiger partial charge in [0.25, 0.3) is 0 Å². The number of nitrogen functional groups attached to an aromatic ring is 1. The molecule has 15 heavy (non-hydrogen) atoms. The van der Waals surface area contributed by atoms with Crippen LogP contribution in [0.4, 0.5) is 10.2 Å². The van der Waals surface area contributed by atoms with E-state index in [9.17, 15) is 4.39 Å². The molecular weight excluding hydrogens is 197 g/mol. The molecule has 0 unspecified atom stereocenters. The summed E-state index contributed by atoms with van der Waals surface area (Å²) in [5.41, 5.74) is 5.78. The Labute approximate surface area is 85.1 Å². The van der Waals surface area contributed by atoms with Gasteiger partial charge in [0.2, 0.25) is 0 Å². The molecule has 0 aliphatic heterocycles. The molecular formula is C10H8FN3O. The van der Waals surface area contributed by atoms with Crippen molar-refractivity contribution in [3.8, 4) is 0 Å².